The molecule has 0 radical (unpaired) electrons. The van der Waals surface area contributed by atoms with Crippen LogP contribution in [-0.2, 0) is 0 Å². The van der Waals surface area contributed by atoms with Crippen LogP contribution in [0.4, 0.5) is 0 Å². The molecule has 3 aromatic heterocycles. The summed E-state index contributed by atoms with van der Waals surface area (Å²) in [6.07, 6.45) is 0. The van der Waals surface area contributed by atoms with E-state index >= 15 is 0 Å². The molecule has 13 aromatic rings. The lowest BCUT2D eigenvalue weighted by Crippen LogP contribution is -1.98. The molecule has 0 saturated carbocycles. The average Bonchev–Trinajstić information content (AvgIpc) is 1.51. The third-order valence-corrected chi connectivity index (χ3v) is 10.1. The molecule has 0 aliphatic rings. The fraction of sp³-hybridized carbons (Fsp3) is 0. The minimum Gasteiger partial charge on any atom is -0.309 e. The molecule has 3 heteroatoms. The van der Waals surface area contributed by atoms with Gasteiger partial charge in [-0.2, -0.15) is 0 Å². The molecule has 0 saturated heterocycles. The molecule has 294 valence electrons. The summed E-state index contributed by atoms with van der Waals surface area (Å²) in [5.41, 5.74) is -14.4. The summed E-state index contributed by atoms with van der Waals surface area (Å²) in [5, 5.41) is -4.33. The van der Waals surface area contributed by atoms with Crippen molar-refractivity contribution in [1.29, 1.82) is 0 Å². The summed E-state index contributed by atoms with van der Waals surface area (Å²) in [7, 11) is 0. The van der Waals surface area contributed by atoms with Crippen molar-refractivity contribution in [2.75, 3.05) is 0 Å². The maximum Gasteiger partial charge on any atom is 0.0667 e. The van der Waals surface area contributed by atoms with Crippen molar-refractivity contribution in [2.24, 2.45) is 0 Å². The molecule has 13 rings (SSSR count). The summed E-state index contributed by atoms with van der Waals surface area (Å²) in [6, 6.07) is -42.2. The average molecular weight is 841 g/mol. The Bertz CT molecular complexity index is 6100. The van der Waals surface area contributed by atoms with Crippen LogP contribution in [-0.4, -0.2) is 13.7 Å². The number of rotatable bonds is 6. The first-order valence-electron chi connectivity index (χ1n) is 38.0. The number of benzene rings is 10. The Morgan fingerprint density at radius 2 is 0.571 bits per heavy atom. The predicted octanol–water partition coefficient (Wildman–Crippen LogP) is 16.0. The van der Waals surface area contributed by atoms with E-state index in [9.17, 15) is 23.3 Å². The van der Waals surface area contributed by atoms with Crippen LogP contribution in [0, 0.1) is 0 Å². The zero-order valence-corrected chi connectivity index (χ0v) is 31.3. The van der Waals surface area contributed by atoms with Gasteiger partial charge in [0.2, 0.25) is 0 Å². The molecule has 63 heavy (non-hydrogen) atoms. The molecule has 0 bridgehead atoms. The summed E-state index contributed by atoms with van der Waals surface area (Å²) >= 11 is 0. The fourth-order valence-electron chi connectivity index (χ4n) is 7.48. The normalized spacial score (nSPS) is 20.5. The van der Waals surface area contributed by atoms with E-state index in [1.165, 1.54) is 0 Å². The van der Waals surface area contributed by atoms with Gasteiger partial charge in [0.15, 0.2) is 0 Å². The molecular weight excluding hydrogens is 763 g/mol. The highest BCUT2D eigenvalue weighted by molar-refractivity contribution is 6.14. The highest BCUT2D eigenvalue weighted by Gasteiger charge is 2.19. The van der Waals surface area contributed by atoms with Crippen molar-refractivity contribution in [3.8, 4) is 50.4 Å². The van der Waals surface area contributed by atoms with Gasteiger partial charge in [-0.1, -0.05) is 157 Å². The van der Waals surface area contributed by atoms with Crippen molar-refractivity contribution in [3.63, 3.8) is 0 Å². The molecule has 3 heterocycles. The van der Waals surface area contributed by atoms with Crippen LogP contribution in [0.1, 0.15) is 53.5 Å². The van der Waals surface area contributed by atoms with Crippen LogP contribution in [0.5, 0.6) is 0 Å². The maximum atomic E-state index is 10.4. The van der Waals surface area contributed by atoms with E-state index in [1.54, 1.807) is 0 Å². The molecule has 0 aliphatic carbocycles. The van der Waals surface area contributed by atoms with Gasteiger partial charge in [0.05, 0.1) is 86.6 Å². The van der Waals surface area contributed by atoms with Crippen molar-refractivity contribution >= 4 is 65.4 Å². The Hall–Kier alpha value is -8.40. The molecule has 0 aliphatic heterocycles. The molecule has 0 spiro atoms. The highest BCUT2D eigenvalue weighted by Crippen LogP contribution is 2.41. The maximum absolute atomic E-state index is 10.4. The topological polar surface area (TPSA) is 14.8 Å². The molecule has 10 aromatic carbocycles. The van der Waals surface area contributed by atoms with E-state index < -0.39 is 352 Å². The number of nitrogens with zero attached hydrogens (tertiary/aromatic N) is 3. The third-order valence-electron chi connectivity index (χ3n) is 10.1. The summed E-state index contributed by atoms with van der Waals surface area (Å²) in [5.74, 6) is 0. The molecule has 0 unspecified atom stereocenters. The van der Waals surface area contributed by atoms with Crippen LogP contribution in [0.15, 0.2) is 236 Å². The third kappa shape index (κ3) is 5.60. The minimum atomic E-state index is -1.33. The first-order chi connectivity index (χ1) is 47.5. The van der Waals surface area contributed by atoms with Gasteiger partial charge in [0.1, 0.15) is 0 Å². The predicted molar refractivity (Wildman–Crippen MR) is 266 cm³/mol. The summed E-state index contributed by atoms with van der Waals surface area (Å²) in [4.78, 5) is 0. The second kappa shape index (κ2) is 14.1. The van der Waals surface area contributed by atoms with Gasteiger partial charge in [-0.25, -0.2) is 0 Å². The molecule has 0 N–H and O–H groups in total. The van der Waals surface area contributed by atoms with Crippen LogP contribution in [0.2, 0.25) is 0 Å². The van der Waals surface area contributed by atoms with Gasteiger partial charge >= 0.3 is 0 Å². The Morgan fingerprint density at radius 1 is 0.206 bits per heavy atom. The van der Waals surface area contributed by atoms with Crippen LogP contribution >= 0.6 is 0 Å². The Labute approximate surface area is 419 Å². The number of para-hydroxylation sites is 4. The summed E-state index contributed by atoms with van der Waals surface area (Å²) < 4.78 is 362. The molecule has 3 nitrogen and oxygen atoms in total. The van der Waals surface area contributed by atoms with Crippen LogP contribution < -0.4 is 0 Å². The second-order valence-electron chi connectivity index (χ2n) is 13.5. The Balaban J connectivity index is 1.28. The largest absolute Gasteiger partial charge is 0.309 e. The SMILES string of the molecule is [2H]c1c([2H])c([2H])c(-c2c([2H])c([2H])c([2H])c(-c3c([2H])c(-c4c([2H])c([2H])c([2H])c([2H])c4[2H])c([2H])c(-n4c5c([2H])c([2H])c([2H])c([2H])c5c5c([2H])c(-n6c7c([2H])c([2H])c([2H])c([2H])c7c7c([2H])c([2H])c(-n8c9c([2H])c([2H])c([2H])c([2H])c9c9c([2H])c([2H])c([2H])c([2H])c98)c([2H])c76)c([2H])c([2H])c54)c3[2H])c2[2H])c([2H])c1[2H]. The zero-order valence-electron chi connectivity index (χ0n) is 70.3. The Kier molecular flexibility index (Phi) is 3.15. The number of hydrogen-bond acceptors (Lipinski definition) is 0. The molecule has 0 atom stereocenters. The zero-order chi connectivity index (χ0) is 75.4. The van der Waals surface area contributed by atoms with Gasteiger partial charge in [-0.05, 0) is 112 Å². The molecule has 0 amide bonds. The fourth-order valence-corrected chi connectivity index (χ4v) is 7.48. The van der Waals surface area contributed by atoms with E-state index in [0.717, 1.165) is 0 Å². The quantitative estimate of drug-likeness (QED) is 0.158. The lowest BCUT2D eigenvalue weighted by atomic mass is 9.95. The number of aromatic nitrogens is 3. The van der Waals surface area contributed by atoms with Gasteiger partial charge in [0, 0.05) is 49.4 Å². The summed E-state index contributed by atoms with van der Waals surface area (Å²) in [6.45, 7) is 0. The monoisotopic (exact) mass is 841 g/mol. The second-order valence-corrected chi connectivity index (χ2v) is 13.5. The van der Waals surface area contributed by atoms with Crippen LogP contribution in [0.3, 0.4) is 0 Å². The van der Waals surface area contributed by atoms with E-state index in [0.29, 0.717) is 13.7 Å². The lowest BCUT2D eigenvalue weighted by Gasteiger charge is -2.15. The van der Waals surface area contributed by atoms with E-state index in [-0.39, 0.29) is 0 Å². The van der Waals surface area contributed by atoms with Crippen molar-refractivity contribution < 1.29 is 53.5 Å². The molecular formula is C60H39N3. The number of hydrogen-bond donors (Lipinski definition) is 0. The van der Waals surface area contributed by atoms with Crippen molar-refractivity contribution in [1.82, 2.24) is 13.7 Å². The molecule has 0 fully saturated rings. The van der Waals surface area contributed by atoms with E-state index in [2.05, 4.69) is 0 Å². The minimum absolute atomic E-state index is 0.521. The van der Waals surface area contributed by atoms with Gasteiger partial charge in [-0.3, -0.25) is 0 Å². The van der Waals surface area contributed by atoms with E-state index in [4.69, 9.17) is 30.2 Å². The lowest BCUT2D eigenvalue weighted by molar-refractivity contribution is 1.15. The first kappa shape index (κ1) is 14.1. The standard InChI is InChI=1S/C60H39N3/c1-3-16-40(17-4-1)42-20-15-21-43(34-42)45-35-44(41-18-5-2-6-19-41)36-48(37-45)63-58-29-14-10-25-52(58)54-38-46(31-33-59(54)63)62-57-28-13-9-24-51(57)53-32-30-47(39-60(53)62)61-55-26-11-7-22-49(55)50-23-8-12-27-56(50)61/h1-39H/i1D,2D,3D,4D,5D,6D,7D,8D,9D,10D,11D,12D,13D,14D,15D,16D,17D,18D,19D,20D,21D,22D,23D,24D,25D,26D,27D,28D,29D,30D,31D,32D,33D,34D,35D,36D,37D,38D,39D. The number of fused-ring (bicyclic) bond motifs is 9. The van der Waals surface area contributed by atoms with Gasteiger partial charge in [0.25, 0.3) is 0 Å². The Morgan fingerprint density at radius 3 is 1.16 bits per heavy atom. The van der Waals surface area contributed by atoms with Crippen LogP contribution in [0.25, 0.3) is 116 Å². The van der Waals surface area contributed by atoms with Crippen molar-refractivity contribution in [3.05, 3.63) is 236 Å². The highest BCUT2D eigenvalue weighted by atomic mass is 15.0. The van der Waals surface area contributed by atoms with Crippen molar-refractivity contribution in [2.45, 2.75) is 0 Å². The van der Waals surface area contributed by atoms with E-state index in [1.807, 2.05) is 0 Å². The smallest absolute Gasteiger partial charge is 0.0667 e. The van der Waals surface area contributed by atoms with Gasteiger partial charge < -0.3 is 13.7 Å². The first-order valence-corrected chi connectivity index (χ1v) is 18.5. The van der Waals surface area contributed by atoms with Gasteiger partial charge in [-0.15, -0.1) is 0 Å².